The molecule has 2 nitrogen and oxygen atoms in total. The van der Waals surface area contributed by atoms with Crippen molar-refractivity contribution in [2.75, 3.05) is 5.32 Å². The monoisotopic (exact) mass is 388 g/mol. The third-order valence-electron chi connectivity index (χ3n) is 6.51. The Kier molecular flexibility index (Phi) is 4.09. The summed E-state index contributed by atoms with van der Waals surface area (Å²) < 4.78 is 0. The highest BCUT2D eigenvalue weighted by Gasteiger charge is 2.33. The molecule has 5 aromatic rings. The fourth-order valence-corrected chi connectivity index (χ4v) is 5.15. The fourth-order valence-electron chi connectivity index (χ4n) is 5.15. The van der Waals surface area contributed by atoms with Crippen molar-refractivity contribution in [1.82, 2.24) is 4.98 Å². The molecule has 2 unspecified atom stereocenters. The van der Waals surface area contributed by atoms with Crippen molar-refractivity contribution in [3.05, 3.63) is 114 Å². The first kappa shape index (κ1) is 17.3. The molecular formula is C28H24N2. The number of hydrogen-bond acceptors (Lipinski definition) is 1. The van der Waals surface area contributed by atoms with Gasteiger partial charge in [0, 0.05) is 34.2 Å². The van der Waals surface area contributed by atoms with Crippen LogP contribution in [0.4, 0.5) is 5.69 Å². The lowest BCUT2D eigenvalue weighted by atomic mass is 9.77. The zero-order chi connectivity index (χ0) is 19.9. The van der Waals surface area contributed by atoms with Gasteiger partial charge in [-0.15, -0.1) is 0 Å². The summed E-state index contributed by atoms with van der Waals surface area (Å²) in [5, 5.41) is 7.82. The highest BCUT2D eigenvalue weighted by atomic mass is 14.9. The fraction of sp³-hybridized carbons (Fsp3) is 0.143. The minimum Gasteiger partial charge on any atom is -0.381 e. The normalized spacial score (nSPS) is 18.4. The SMILES string of the molecule is c1ccc(C2c3c([nH]c4ccccc34)CCC2Nc2ccc3ccccc3c2)cc1. The van der Waals surface area contributed by atoms with Crippen LogP contribution in [0.5, 0.6) is 0 Å². The van der Waals surface area contributed by atoms with Gasteiger partial charge in [0.25, 0.3) is 0 Å². The van der Waals surface area contributed by atoms with Crippen molar-refractivity contribution in [2.24, 2.45) is 0 Å². The van der Waals surface area contributed by atoms with Crippen molar-refractivity contribution in [2.45, 2.75) is 24.8 Å². The Morgan fingerprint density at radius 3 is 2.40 bits per heavy atom. The van der Waals surface area contributed by atoms with E-state index < -0.39 is 0 Å². The van der Waals surface area contributed by atoms with Gasteiger partial charge < -0.3 is 10.3 Å². The molecule has 2 heteroatoms. The molecule has 0 bridgehead atoms. The topological polar surface area (TPSA) is 27.8 Å². The molecule has 0 fully saturated rings. The van der Waals surface area contributed by atoms with Crippen LogP contribution in [0.15, 0.2) is 97.1 Å². The van der Waals surface area contributed by atoms with Gasteiger partial charge in [-0.2, -0.15) is 0 Å². The maximum atomic E-state index is 3.90. The van der Waals surface area contributed by atoms with Gasteiger partial charge in [-0.1, -0.05) is 78.9 Å². The average Bonchev–Trinajstić information content (AvgIpc) is 3.18. The van der Waals surface area contributed by atoms with E-state index in [1.807, 2.05) is 0 Å². The minimum absolute atomic E-state index is 0.317. The van der Waals surface area contributed by atoms with E-state index in [1.54, 1.807) is 0 Å². The first-order chi connectivity index (χ1) is 14.9. The largest absolute Gasteiger partial charge is 0.381 e. The van der Waals surface area contributed by atoms with Crippen molar-refractivity contribution in [3.8, 4) is 0 Å². The molecular weight excluding hydrogens is 364 g/mol. The molecule has 1 heterocycles. The molecule has 6 rings (SSSR count). The highest BCUT2D eigenvalue weighted by molar-refractivity contribution is 5.87. The molecule has 0 saturated carbocycles. The number of aromatic amines is 1. The van der Waals surface area contributed by atoms with E-state index in [9.17, 15) is 0 Å². The van der Waals surface area contributed by atoms with E-state index in [0.717, 1.165) is 12.8 Å². The lowest BCUT2D eigenvalue weighted by molar-refractivity contribution is 0.548. The number of H-pyrrole nitrogens is 1. The van der Waals surface area contributed by atoms with Gasteiger partial charge in [0.05, 0.1) is 0 Å². The van der Waals surface area contributed by atoms with Gasteiger partial charge in [0.15, 0.2) is 0 Å². The van der Waals surface area contributed by atoms with Gasteiger partial charge in [0.2, 0.25) is 0 Å². The van der Waals surface area contributed by atoms with Crippen LogP contribution < -0.4 is 5.32 Å². The smallest absolute Gasteiger partial charge is 0.0459 e. The minimum atomic E-state index is 0.317. The van der Waals surface area contributed by atoms with E-state index in [4.69, 9.17) is 0 Å². The number of anilines is 1. The van der Waals surface area contributed by atoms with Crippen LogP contribution in [0.3, 0.4) is 0 Å². The molecule has 146 valence electrons. The summed E-state index contributed by atoms with van der Waals surface area (Å²) in [6.07, 6.45) is 2.17. The quantitative estimate of drug-likeness (QED) is 0.346. The third-order valence-corrected chi connectivity index (χ3v) is 6.51. The lowest BCUT2D eigenvalue weighted by Crippen LogP contribution is -2.32. The molecule has 1 aliphatic carbocycles. The Morgan fingerprint density at radius 1 is 0.733 bits per heavy atom. The van der Waals surface area contributed by atoms with E-state index in [-0.39, 0.29) is 0 Å². The summed E-state index contributed by atoms with van der Waals surface area (Å²) in [6.45, 7) is 0. The number of nitrogens with one attached hydrogen (secondary N) is 2. The van der Waals surface area contributed by atoms with Crippen molar-refractivity contribution < 1.29 is 0 Å². The molecule has 0 aliphatic heterocycles. The number of benzene rings is 4. The Labute approximate surface area is 176 Å². The van der Waals surface area contributed by atoms with Crippen LogP contribution in [-0.4, -0.2) is 11.0 Å². The number of aryl methyl sites for hydroxylation is 1. The number of rotatable bonds is 3. The van der Waals surface area contributed by atoms with Gasteiger partial charge in [-0.3, -0.25) is 0 Å². The number of para-hydroxylation sites is 1. The summed E-state index contributed by atoms with van der Waals surface area (Å²) in [4.78, 5) is 3.70. The second-order valence-corrected chi connectivity index (χ2v) is 8.30. The van der Waals surface area contributed by atoms with E-state index in [1.165, 1.54) is 44.2 Å². The Balaban J connectivity index is 1.46. The average molecular weight is 389 g/mol. The molecule has 1 aliphatic rings. The van der Waals surface area contributed by atoms with Crippen LogP contribution in [0.1, 0.15) is 29.2 Å². The predicted octanol–water partition coefficient (Wildman–Crippen LogP) is 6.88. The van der Waals surface area contributed by atoms with Gasteiger partial charge in [-0.25, -0.2) is 0 Å². The number of aromatic nitrogens is 1. The zero-order valence-electron chi connectivity index (χ0n) is 16.8. The summed E-state index contributed by atoms with van der Waals surface area (Å²) in [5.74, 6) is 0.317. The van der Waals surface area contributed by atoms with Crippen LogP contribution in [0.25, 0.3) is 21.7 Å². The van der Waals surface area contributed by atoms with Crippen LogP contribution >= 0.6 is 0 Å². The molecule has 30 heavy (non-hydrogen) atoms. The Hall–Kier alpha value is -3.52. The highest BCUT2D eigenvalue weighted by Crippen LogP contribution is 2.42. The molecule has 0 amide bonds. The van der Waals surface area contributed by atoms with Crippen molar-refractivity contribution in [1.29, 1.82) is 0 Å². The Morgan fingerprint density at radius 2 is 1.50 bits per heavy atom. The summed E-state index contributed by atoms with van der Waals surface area (Å²) in [7, 11) is 0. The summed E-state index contributed by atoms with van der Waals surface area (Å²) >= 11 is 0. The lowest BCUT2D eigenvalue weighted by Gasteiger charge is -2.34. The summed E-state index contributed by atoms with van der Waals surface area (Å²) in [6, 6.07) is 35.3. The van der Waals surface area contributed by atoms with Gasteiger partial charge in [-0.05, 0) is 52.9 Å². The molecule has 2 N–H and O–H groups in total. The summed E-state index contributed by atoms with van der Waals surface area (Å²) in [5.41, 5.74) is 6.67. The van der Waals surface area contributed by atoms with E-state index >= 15 is 0 Å². The maximum absolute atomic E-state index is 3.90. The van der Waals surface area contributed by atoms with Crippen molar-refractivity contribution >= 4 is 27.4 Å². The second-order valence-electron chi connectivity index (χ2n) is 8.30. The first-order valence-electron chi connectivity index (χ1n) is 10.8. The number of fused-ring (bicyclic) bond motifs is 4. The van der Waals surface area contributed by atoms with Crippen LogP contribution in [0, 0.1) is 0 Å². The molecule has 0 saturated heterocycles. The molecule has 0 spiro atoms. The third kappa shape index (κ3) is 2.88. The van der Waals surface area contributed by atoms with E-state index in [2.05, 4.69) is 107 Å². The standard InChI is InChI=1S/C28H24N2/c1-2-9-20(10-3-1)27-25(29-22-15-14-19-8-4-5-11-21(19)18-22)16-17-26-28(27)23-12-6-7-13-24(23)30-26/h1-15,18,25,27,29-30H,16-17H2. The number of hydrogen-bond donors (Lipinski definition) is 2. The van der Waals surface area contributed by atoms with E-state index in [0.29, 0.717) is 12.0 Å². The first-order valence-corrected chi connectivity index (χ1v) is 10.8. The van der Waals surface area contributed by atoms with Crippen LogP contribution in [-0.2, 0) is 6.42 Å². The van der Waals surface area contributed by atoms with Gasteiger partial charge >= 0.3 is 0 Å². The molecule has 0 radical (unpaired) electrons. The van der Waals surface area contributed by atoms with Crippen LogP contribution in [0.2, 0.25) is 0 Å². The molecule has 2 atom stereocenters. The second kappa shape index (κ2) is 7.07. The maximum Gasteiger partial charge on any atom is 0.0459 e. The van der Waals surface area contributed by atoms with Gasteiger partial charge in [0.1, 0.15) is 0 Å². The zero-order valence-corrected chi connectivity index (χ0v) is 16.8. The molecule has 1 aromatic heterocycles. The van der Waals surface area contributed by atoms with Crippen molar-refractivity contribution in [3.63, 3.8) is 0 Å². The molecule has 4 aromatic carbocycles. The predicted molar refractivity (Wildman–Crippen MR) is 126 cm³/mol. The Bertz CT molecular complexity index is 1330.